The van der Waals surface area contributed by atoms with Crippen LogP contribution in [-0.2, 0) is 0 Å². The van der Waals surface area contributed by atoms with E-state index in [9.17, 15) is 0 Å². The Labute approximate surface area is 125 Å². The molecule has 1 N–H and O–H groups in total. The van der Waals surface area contributed by atoms with Gasteiger partial charge in [-0.2, -0.15) is 0 Å². The quantitative estimate of drug-likeness (QED) is 0.780. The molecule has 0 fully saturated rings. The second kappa shape index (κ2) is 5.70. The van der Waals surface area contributed by atoms with E-state index in [1.807, 2.05) is 26.2 Å². The van der Waals surface area contributed by atoms with Crippen molar-refractivity contribution >= 4 is 10.8 Å². The molecule has 2 heterocycles. The molecular formula is C18H20N2O. The molecule has 0 saturated carbocycles. The van der Waals surface area contributed by atoms with E-state index in [1.165, 1.54) is 16.5 Å². The highest BCUT2D eigenvalue weighted by Crippen LogP contribution is 2.31. The molecule has 0 spiro atoms. The zero-order valence-corrected chi connectivity index (χ0v) is 12.7. The van der Waals surface area contributed by atoms with E-state index < -0.39 is 0 Å². The maximum atomic E-state index is 5.72. The smallest absolute Gasteiger partial charge is 0.106 e. The summed E-state index contributed by atoms with van der Waals surface area (Å²) < 4.78 is 5.72. The average molecular weight is 280 g/mol. The summed E-state index contributed by atoms with van der Waals surface area (Å²) in [5.74, 6) is 1.93. The van der Waals surface area contributed by atoms with E-state index in [2.05, 4.69) is 47.6 Å². The van der Waals surface area contributed by atoms with Crippen LogP contribution in [0.2, 0.25) is 0 Å². The molecule has 0 aliphatic heterocycles. The van der Waals surface area contributed by atoms with Crippen molar-refractivity contribution in [2.24, 2.45) is 0 Å². The van der Waals surface area contributed by atoms with Gasteiger partial charge in [0.2, 0.25) is 0 Å². The van der Waals surface area contributed by atoms with Crippen molar-refractivity contribution in [3.63, 3.8) is 0 Å². The monoisotopic (exact) mass is 280 g/mol. The lowest BCUT2D eigenvalue weighted by atomic mass is 9.94. The van der Waals surface area contributed by atoms with Gasteiger partial charge in [-0.3, -0.25) is 4.98 Å². The van der Waals surface area contributed by atoms with Crippen LogP contribution in [0.4, 0.5) is 0 Å². The molecule has 3 nitrogen and oxygen atoms in total. The first-order valence-corrected chi connectivity index (χ1v) is 7.33. The minimum absolute atomic E-state index is 0.138. The third kappa shape index (κ3) is 2.57. The summed E-state index contributed by atoms with van der Waals surface area (Å²) in [5, 5.41) is 5.98. The molecule has 0 bridgehead atoms. The number of rotatable bonds is 4. The second-order valence-corrected chi connectivity index (χ2v) is 5.30. The Morgan fingerprint density at radius 2 is 2.05 bits per heavy atom. The number of benzene rings is 1. The Morgan fingerprint density at radius 1 is 1.19 bits per heavy atom. The first-order chi connectivity index (χ1) is 10.2. The number of nitrogens with zero attached hydrogens (tertiary/aromatic N) is 1. The molecule has 21 heavy (non-hydrogen) atoms. The second-order valence-electron chi connectivity index (χ2n) is 5.30. The highest BCUT2D eigenvalue weighted by molar-refractivity contribution is 5.85. The van der Waals surface area contributed by atoms with Crippen LogP contribution in [0.1, 0.15) is 35.6 Å². The van der Waals surface area contributed by atoms with E-state index in [-0.39, 0.29) is 6.04 Å². The van der Waals surface area contributed by atoms with Crippen molar-refractivity contribution in [2.75, 3.05) is 6.54 Å². The third-order valence-electron chi connectivity index (χ3n) is 3.82. The van der Waals surface area contributed by atoms with Gasteiger partial charge in [0.15, 0.2) is 0 Å². The van der Waals surface area contributed by atoms with Crippen LogP contribution in [-0.4, -0.2) is 11.5 Å². The number of hydrogen-bond donors (Lipinski definition) is 1. The molecular weight excluding hydrogens is 260 g/mol. The standard InChI is InChI=1S/C18H20N2O/c1-4-20-18(17-10-12(2)21-13(17)3)16-7-5-6-14-11-19-9-8-15(14)16/h5-11,18,20H,4H2,1-3H3. The van der Waals surface area contributed by atoms with E-state index in [0.717, 1.165) is 23.5 Å². The normalized spacial score (nSPS) is 12.7. The Balaban J connectivity index is 2.18. The van der Waals surface area contributed by atoms with Gasteiger partial charge in [0, 0.05) is 23.3 Å². The summed E-state index contributed by atoms with van der Waals surface area (Å²) in [5.41, 5.74) is 2.47. The number of furan rings is 1. The van der Waals surface area contributed by atoms with Crippen LogP contribution < -0.4 is 5.32 Å². The van der Waals surface area contributed by atoms with E-state index in [1.54, 1.807) is 0 Å². The van der Waals surface area contributed by atoms with Gasteiger partial charge in [-0.1, -0.05) is 25.1 Å². The molecule has 3 heteroatoms. The summed E-state index contributed by atoms with van der Waals surface area (Å²) in [6.07, 6.45) is 3.76. The first-order valence-electron chi connectivity index (χ1n) is 7.33. The van der Waals surface area contributed by atoms with Gasteiger partial charge in [0.1, 0.15) is 11.5 Å². The number of aromatic nitrogens is 1. The SMILES string of the molecule is CCNC(c1cc(C)oc1C)c1cccc2cnccc12. The molecule has 0 aliphatic carbocycles. The van der Waals surface area contributed by atoms with Crippen LogP contribution in [0.5, 0.6) is 0 Å². The summed E-state index contributed by atoms with van der Waals surface area (Å²) in [6, 6.07) is 10.7. The minimum atomic E-state index is 0.138. The minimum Gasteiger partial charge on any atom is -0.466 e. The topological polar surface area (TPSA) is 38.1 Å². The molecule has 108 valence electrons. The van der Waals surface area contributed by atoms with Crippen LogP contribution in [0.15, 0.2) is 47.1 Å². The number of fused-ring (bicyclic) bond motifs is 1. The van der Waals surface area contributed by atoms with E-state index >= 15 is 0 Å². The van der Waals surface area contributed by atoms with Crippen LogP contribution in [0.25, 0.3) is 10.8 Å². The zero-order chi connectivity index (χ0) is 14.8. The summed E-state index contributed by atoms with van der Waals surface area (Å²) in [7, 11) is 0. The predicted molar refractivity (Wildman–Crippen MR) is 85.4 cm³/mol. The average Bonchev–Trinajstić information content (AvgIpc) is 2.83. The van der Waals surface area contributed by atoms with Gasteiger partial charge in [0.05, 0.1) is 6.04 Å². The molecule has 1 aromatic carbocycles. The molecule has 1 atom stereocenters. The molecule has 0 radical (unpaired) electrons. The third-order valence-corrected chi connectivity index (χ3v) is 3.82. The van der Waals surface area contributed by atoms with Crippen molar-refractivity contribution in [3.8, 4) is 0 Å². The van der Waals surface area contributed by atoms with Crippen molar-refractivity contribution < 1.29 is 4.42 Å². The summed E-state index contributed by atoms with van der Waals surface area (Å²) in [6.45, 7) is 7.05. The Bertz CT molecular complexity index is 756. The van der Waals surface area contributed by atoms with E-state index in [0.29, 0.717) is 0 Å². The molecule has 0 amide bonds. The Hall–Kier alpha value is -2.13. The highest BCUT2D eigenvalue weighted by Gasteiger charge is 2.20. The highest BCUT2D eigenvalue weighted by atomic mass is 16.3. The lowest BCUT2D eigenvalue weighted by Crippen LogP contribution is -2.22. The summed E-state index contributed by atoms with van der Waals surface area (Å²) in [4.78, 5) is 4.21. The van der Waals surface area contributed by atoms with Crippen molar-refractivity contribution in [2.45, 2.75) is 26.8 Å². The van der Waals surface area contributed by atoms with Crippen molar-refractivity contribution in [3.05, 3.63) is 65.4 Å². The Morgan fingerprint density at radius 3 is 2.76 bits per heavy atom. The van der Waals surface area contributed by atoms with Gasteiger partial charge in [-0.25, -0.2) is 0 Å². The van der Waals surface area contributed by atoms with Gasteiger partial charge in [-0.05, 0) is 43.5 Å². The predicted octanol–water partition coefficient (Wildman–Crippen LogP) is 4.14. The lowest BCUT2D eigenvalue weighted by molar-refractivity contribution is 0.495. The number of aryl methyl sites for hydroxylation is 2. The Kier molecular flexibility index (Phi) is 3.76. The van der Waals surface area contributed by atoms with Crippen LogP contribution in [0.3, 0.4) is 0 Å². The molecule has 0 aliphatic rings. The maximum Gasteiger partial charge on any atom is 0.106 e. The van der Waals surface area contributed by atoms with Crippen LogP contribution >= 0.6 is 0 Å². The van der Waals surface area contributed by atoms with Gasteiger partial charge >= 0.3 is 0 Å². The van der Waals surface area contributed by atoms with Crippen LogP contribution in [0, 0.1) is 13.8 Å². The summed E-state index contributed by atoms with van der Waals surface area (Å²) >= 11 is 0. The van der Waals surface area contributed by atoms with Gasteiger partial charge in [0.25, 0.3) is 0 Å². The maximum absolute atomic E-state index is 5.72. The van der Waals surface area contributed by atoms with Crippen molar-refractivity contribution in [1.29, 1.82) is 0 Å². The fraction of sp³-hybridized carbons (Fsp3) is 0.278. The number of hydrogen-bond acceptors (Lipinski definition) is 3. The van der Waals surface area contributed by atoms with Crippen molar-refractivity contribution in [1.82, 2.24) is 10.3 Å². The lowest BCUT2D eigenvalue weighted by Gasteiger charge is -2.20. The fourth-order valence-corrected chi connectivity index (χ4v) is 2.93. The molecule has 1 unspecified atom stereocenters. The largest absolute Gasteiger partial charge is 0.466 e. The fourth-order valence-electron chi connectivity index (χ4n) is 2.93. The molecule has 3 aromatic rings. The van der Waals surface area contributed by atoms with Gasteiger partial charge < -0.3 is 9.73 Å². The number of pyridine rings is 1. The number of nitrogens with one attached hydrogen (secondary N) is 1. The zero-order valence-electron chi connectivity index (χ0n) is 12.7. The first kappa shape index (κ1) is 13.8. The molecule has 0 saturated heterocycles. The molecule has 3 rings (SSSR count). The van der Waals surface area contributed by atoms with Gasteiger partial charge in [-0.15, -0.1) is 0 Å². The van der Waals surface area contributed by atoms with E-state index in [4.69, 9.17) is 4.42 Å². The molecule has 2 aromatic heterocycles.